The standard InChI is InChI=1S/C15H17NO2/c1-10-6-11(2)14(12(3)7-10)9-16-5-4-13(8-16)15(17)18/h4-8H,9H2,1-3H3,(H,17,18). The molecule has 94 valence electrons. The Labute approximate surface area is 107 Å². The summed E-state index contributed by atoms with van der Waals surface area (Å²) in [6.45, 7) is 6.99. The van der Waals surface area contributed by atoms with Crippen molar-refractivity contribution in [3.05, 3.63) is 58.4 Å². The minimum atomic E-state index is -0.883. The highest BCUT2D eigenvalue weighted by molar-refractivity contribution is 5.87. The lowest BCUT2D eigenvalue weighted by molar-refractivity contribution is 0.0697. The van der Waals surface area contributed by atoms with Crippen LogP contribution < -0.4 is 0 Å². The number of carboxylic acid groups (broad SMARTS) is 1. The predicted molar refractivity (Wildman–Crippen MR) is 71.1 cm³/mol. The van der Waals surface area contributed by atoms with E-state index in [9.17, 15) is 4.79 Å². The van der Waals surface area contributed by atoms with Crippen LogP contribution in [-0.2, 0) is 6.54 Å². The third kappa shape index (κ3) is 2.45. The van der Waals surface area contributed by atoms with Crippen LogP contribution in [0.3, 0.4) is 0 Å². The minimum absolute atomic E-state index is 0.331. The summed E-state index contributed by atoms with van der Waals surface area (Å²) in [5.41, 5.74) is 5.34. The zero-order valence-corrected chi connectivity index (χ0v) is 10.9. The van der Waals surface area contributed by atoms with E-state index >= 15 is 0 Å². The Kier molecular flexibility index (Phi) is 3.24. The molecule has 1 aromatic heterocycles. The molecule has 0 aliphatic heterocycles. The normalized spacial score (nSPS) is 10.6. The maximum atomic E-state index is 10.8. The van der Waals surface area contributed by atoms with Crippen LogP contribution in [0.4, 0.5) is 0 Å². The maximum Gasteiger partial charge on any atom is 0.337 e. The highest BCUT2D eigenvalue weighted by Gasteiger charge is 2.07. The van der Waals surface area contributed by atoms with Crippen molar-refractivity contribution in [1.82, 2.24) is 4.57 Å². The summed E-state index contributed by atoms with van der Waals surface area (Å²) in [7, 11) is 0. The second kappa shape index (κ2) is 4.69. The van der Waals surface area contributed by atoms with E-state index in [0.29, 0.717) is 12.1 Å². The molecular weight excluding hydrogens is 226 g/mol. The lowest BCUT2D eigenvalue weighted by Gasteiger charge is -2.12. The first-order valence-electron chi connectivity index (χ1n) is 5.93. The van der Waals surface area contributed by atoms with Crippen LogP contribution in [0.5, 0.6) is 0 Å². The molecule has 1 N–H and O–H groups in total. The highest BCUT2D eigenvalue weighted by Crippen LogP contribution is 2.18. The zero-order chi connectivity index (χ0) is 13.3. The molecule has 0 spiro atoms. The summed E-state index contributed by atoms with van der Waals surface area (Å²) in [4.78, 5) is 10.8. The quantitative estimate of drug-likeness (QED) is 0.899. The van der Waals surface area contributed by atoms with Gasteiger partial charge in [0, 0.05) is 18.9 Å². The molecule has 0 radical (unpaired) electrons. The topological polar surface area (TPSA) is 42.2 Å². The second-order valence-electron chi connectivity index (χ2n) is 4.75. The van der Waals surface area contributed by atoms with Crippen LogP contribution in [0.1, 0.15) is 32.6 Å². The van der Waals surface area contributed by atoms with E-state index < -0.39 is 5.97 Å². The average molecular weight is 243 g/mol. The molecule has 1 heterocycles. The number of nitrogens with zero attached hydrogens (tertiary/aromatic N) is 1. The molecule has 0 atom stereocenters. The molecule has 0 amide bonds. The number of aromatic nitrogens is 1. The second-order valence-corrected chi connectivity index (χ2v) is 4.75. The number of hydrogen-bond donors (Lipinski definition) is 1. The van der Waals surface area contributed by atoms with E-state index in [1.165, 1.54) is 22.3 Å². The number of hydrogen-bond acceptors (Lipinski definition) is 1. The van der Waals surface area contributed by atoms with Crippen molar-refractivity contribution in [2.75, 3.05) is 0 Å². The molecule has 2 rings (SSSR count). The van der Waals surface area contributed by atoms with Crippen LogP contribution in [0.15, 0.2) is 30.6 Å². The number of aryl methyl sites for hydroxylation is 3. The number of benzene rings is 1. The third-order valence-corrected chi connectivity index (χ3v) is 3.18. The number of carbonyl (C=O) groups is 1. The smallest absolute Gasteiger partial charge is 0.337 e. The molecule has 3 nitrogen and oxygen atoms in total. The van der Waals surface area contributed by atoms with E-state index in [-0.39, 0.29) is 0 Å². The van der Waals surface area contributed by atoms with E-state index in [1.54, 1.807) is 12.3 Å². The maximum absolute atomic E-state index is 10.8. The lowest BCUT2D eigenvalue weighted by Crippen LogP contribution is -2.02. The summed E-state index contributed by atoms with van der Waals surface area (Å²) in [6.07, 6.45) is 3.48. The van der Waals surface area contributed by atoms with Gasteiger partial charge in [-0.15, -0.1) is 0 Å². The van der Waals surface area contributed by atoms with Gasteiger partial charge in [0.15, 0.2) is 0 Å². The fourth-order valence-corrected chi connectivity index (χ4v) is 2.31. The van der Waals surface area contributed by atoms with Gasteiger partial charge < -0.3 is 9.67 Å². The Bertz CT molecular complexity index is 573. The first kappa shape index (κ1) is 12.4. The van der Waals surface area contributed by atoms with Gasteiger partial charge in [0.1, 0.15) is 0 Å². The Morgan fingerprint density at radius 3 is 2.33 bits per heavy atom. The summed E-state index contributed by atoms with van der Waals surface area (Å²) in [5.74, 6) is -0.883. The highest BCUT2D eigenvalue weighted by atomic mass is 16.4. The van der Waals surface area contributed by atoms with Gasteiger partial charge in [-0.05, 0) is 43.5 Å². The number of aromatic carboxylic acids is 1. The van der Waals surface area contributed by atoms with Crippen LogP contribution in [0.2, 0.25) is 0 Å². The first-order valence-corrected chi connectivity index (χ1v) is 5.93. The molecule has 0 aliphatic carbocycles. The van der Waals surface area contributed by atoms with Crippen molar-refractivity contribution in [3.8, 4) is 0 Å². The van der Waals surface area contributed by atoms with Crippen molar-refractivity contribution in [2.24, 2.45) is 0 Å². The Balaban J connectivity index is 2.31. The van der Waals surface area contributed by atoms with Crippen molar-refractivity contribution >= 4 is 5.97 Å². The summed E-state index contributed by atoms with van der Waals surface area (Å²) < 4.78 is 1.91. The molecule has 3 heteroatoms. The first-order chi connectivity index (χ1) is 8.47. The molecule has 0 saturated heterocycles. The molecule has 0 unspecified atom stereocenters. The van der Waals surface area contributed by atoms with Gasteiger partial charge in [-0.2, -0.15) is 0 Å². The molecule has 18 heavy (non-hydrogen) atoms. The molecule has 0 bridgehead atoms. The van der Waals surface area contributed by atoms with Crippen LogP contribution in [-0.4, -0.2) is 15.6 Å². The van der Waals surface area contributed by atoms with E-state index in [2.05, 4.69) is 32.9 Å². The zero-order valence-electron chi connectivity index (χ0n) is 10.9. The fraction of sp³-hybridized carbons (Fsp3) is 0.267. The van der Waals surface area contributed by atoms with Crippen molar-refractivity contribution in [2.45, 2.75) is 27.3 Å². The van der Waals surface area contributed by atoms with Gasteiger partial charge in [0.05, 0.1) is 5.56 Å². The van der Waals surface area contributed by atoms with Crippen molar-refractivity contribution in [1.29, 1.82) is 0 Å². The van der Waals surface area contributed by atoms with Crippen molar-refractivity contribution in [3.63, 3.8) is 0 Å². The Hall–Kier alpha value is -2.03. The van der Waals surface area contributed by atoms with Gasteiger partial charge in [-0.1, -0.05) is 17.7 Å². The van der Waals surface area contributed by atoms with Crippen LogP contribution >= 0.6 is 0 Å². The van der Waals surface area contributed by atoms with E-state index in [1.807, 2.05) is 10.8 Å². The molecule has 0 saturated carbocycles. The molecule has 1 aromatic carbocycles. The van der Waals surface area contributed by atoms with Crippen LogP contribution in [0.25, 0.3) is 0 Å². The SMILES string of the molecule is Cc1cc(C)c(Cn2ccc(C(=O)O)c2)c(C)c1. The Morgan fingerprint density at radius 2 is 1.83 bits per heavy atom. The predicted octanol–water partition coefficient (Wildman–Crippen LogP) is 3.16. The van der Waals surface area contributed by atoms with Crippen molar-refractivity contribution < 1.29 is 9.90 Å². The van der Waals surface area contributed by atoms with Crippen LogP contribution in [0, 0.1) is 20.8 Å². The molecule has 0 fully saturated rings. The van der Waals surface area contributed by atoms with Gasteiger partial charge >= 0.3 is 5.97 Å². The molecule has 0 aliphatic rings. The average Bonchev–Trinajstić information content (AvgIpc) is 2.71. The third-order valence-electron chi connectivity index (χ3n) is 3.18. The monoisotopic (exact) mass is 243 g/mol. The molecular formula is C15H17NO2. The number of rotatable bonds is 3. The van der Waals surface area contributed by atoms with E-state index in [4.69, 9.17) is 5.11 Å². The minimum Gasteiger partial charge on any atom is -0.478 e. The summed E-state index contributed by atoms with van der Waals surface area (Å²) in [6, 6.07) is 5.94. The van der Waals surface area contributed by atoms with E-state index in [0.717, 1.165) is 0 Å². The Morgan fingerprint density at radius 1 is 1.22 bits per heavy atom. The largest absolute Gasteiger partial charge is 0.478 e. The lowest BCUT2D eigenvalue weighted by atomic mass is 10.00. The molecule has 2 aromatic rings. The fourth-order valence-electron chi connectivity index (χ4n) is 2.31. The van der Waals surface area contributed by atoms with Gasteiger partial charge in [-0.3, -0.25) is 0 Å². The summed E-state index contributed by atoms with van der Waals surface area (Å²) in [5, 5.41) is 8.90. The van der Waals surface area contributed by atoms with Gasteiger partial charge in [-0.25, -0.2) is 4.79 Å². The van der Waals surface area contributed by atoms with Gasteiger partial charge in [0.25, 0.3) is 0 Å². The van der Waals surface area contributed by atoms with Gasteiger partial charge in [0.2, 0.25) is 0 Å². The number of carboxylic acids is 1. The summed E-state index contributed by atoms with van der Waals surface area (Å²) >= 11 is 0.